The van der Waals surface area contributed by atoms with E-state index in [1.54, 1.807) is 24.3 Å². The summed E-state index contributed by atoms with van der Waals surface area (Å²) in [4.78, 5) is 36.1. The molecule has 0 bridgehead atoms. The van der Waals surface area contributed by atoms with Gasteiger partial charge in [-0.15, -0.1) is 0 Å². The summed E-state index contributed by atoms with van der Waals surface area (Å²) in [6.07, 6.45) is 4.20. The summed E-state index contributed by atoms with van der Waals surface area (Å²) in [6.45, 7) is -0.539. The first-order chi connectivity index (χ1) is 13.9. The monoisotopic (exact) mass is 460 g/mol. The number of anilines is 1. The molecule has 1 saturated carbocycles. The van der Waals surface area contributed by atoms with Gasteiger partial charge in [0.2, 0.25) is 0 Å². The van der Waals surface area contributed by atoms with Crippen LogP contribution in [-0.4, -0.2) is 30.4 Å². The van der Waals surface area contributed by atoms with Gasteiger partial charge in [0, 0.05) is 22.2 Å². The van der Waals surface area contributed by atoms with Crippen LogP contribution in [0.4, 0.5) is 10.1 Å². The van der Waals surface area contributed by atoms with E-state index in [-0.39, 0.29) is 17.5 Å². The SMILES string of the molecule is O=C(COC(=O)/C=C/c1cc(Br)ccc1F)Nc1ccccc1C(=O)NC1CC1. The highest BCUT2D eigenvalue weighted by molar-refractivity contribution is 9.10. The third-order valence-corrected chi connectivity index (χ3v) is 4.55. The average molecular weight is 461 g/mol. The standard InChI is InChI=1S/C21H18BrFN2O4/c22-14-6-9-17(23)13(11-14)5-10-20(27)29-12-19(26)25-18-4-2-1-3-16(18)21(28)24-15-7-8-15/h1-6,9-11,15H,7-8,12H2,(H,24,28)(H,25,26)/b10-5+. The molecule has 1 aliphatic carbocycles. The number of esters is 1. The lowest BCUT2D eigenvalue weighted by atomic mass is 10.1. The van der Waals surface area contributed by atoms with E-state index in [1.807, 2.05) is 0 Å². The summed E-state index contributed by atoms with van der Waals surface area (Å²) in [7, 11) is 0. The van der Waals surface area contributed by atoms with Gasteiger partial charge in [-0.3, -0.25) is 9.59 Å². The number of halogens is 2. The molecule has 0 radical (unpaired) electrons. The number of carbonyl (C=O) groups is 3. The lowest BCUT2D eigenvalue weighted by molar-refractivity contribution is -0.142. The van der Waals surface area contributed by atoms with Crippen LogP contribution in [0, 0.1) is 5.82 Å². The van der Waals surface area contributed by atoms with Gasteiger partial charge in [-0.1, -0.05) is 28.1 Å². The molecule has 29 heavy (non-hydrogen) atoms. The van der Waals surface area contributed by atoms with Crippen molar-refractivity contribution in [1.29, 1.82) is 0 Å². The third kappa shape index (κ3) is 6.25. The number of carbonyl (C=O) groups excluding carboxylic acids is 3. The Kier molecular flexibility index (Phi) is 6.77. The molecule has 0 unspecified atom stereocenters. The molecule has 8 heteroatoms. The number of hydrogen-bond donors (Lipinski definition) is 2. The molecule has 0 saturated heterocycles. The maximum Gasteiger partial charge on any atom is 0.331 e. The number of benzene rings is 2. The first-order valence-electron chi connectivity index (χ1n) is 8.92. The molecule has 150 valence electrons. The van der Waals surface area contributed by atoms with Gasteiger partial charge in [0.15, 0.2) is 6.61 Å². The van der Waals surface area contributed by atoms with Crippen LogP contribution in [0.3, 0.4) is 0 Å². The molecule has 0 heterocycles. The van der Waals surface area contributed by atoms with Crippen LogP contribution >= 0.6 is 15.9 Å². The van der Waals surface area contributed by atoms with Crippen LogP contribution in [0.1, 0.15) is 28.8 Å². The van der Waals surface area contributed by atoms with Gasteiger partial charge in [-0.05, 0) is 49.2 Å². The predicted molar refractivity (Wildman–Crippen MR) is 110 cm³/mol. The highest BCUT2D eigenvalue weighted by Gasteiger charge is 2.25. The third-order valence-electron chi connectivity index (χ3n) is 4.06. The largest absolute Gasteiger partial charge is 0.452 e. The summed E-state index contributed by atoms with van der Waals surface area (Å²) in [5.74, 6) is -2.14. The van der Waals surface area contributed by atoms with Crippen LogP contribution in [0.15, 0.2) is 53.0 Å². The maximum atomic E-state index is 13.6. The fourth-order valence-electron chi connectivity index (χ4n) is 2.45. The lowest BCUT2D eigenvalue weighted by Crippen LogP contribution is -2.27. The Morgan fingerprint density at radius 1 is 1.17 bits per heavy atom. The van der Waals surface area contributed by atoms with Crippen LogP contribution in [0.25, 0.3) is 6.08 Å². The first kappa shape index (κ1) is 20.7. The van der Waals surface area contributed by atoms with Crippen molar-refractivity contribution < 1.29 is 23.5 Å². The Morgan fingerprint density at radius 3 is 2.69 bits per heavy atom. The number of hydrogen-bond acceptors (Lipinski definition) is 4. The number of ether oxygens (including phenoxy) is 1. The predicted octanol–water partition coefficient (Wildman–Crippen LogP) is 3.68. The van der Waals surface area contributed by atoms with E-state index >= 15 is 0 Å². The molecule has 2 aromatic carbocycles. The molecule has 1 aliphatic rings. The molecule has 2 amide bonds. The van der Waals surface area contributed by atoms with Gasteiger partial charge < -0.3 is 15.4 Å². The second-order valence-corrected chi connectivity index (χ2v) is 7.36. The zero-order chi connectivity index (χ0) is 20.8. The van der Waals surface area contributed by atoms with E-state index < -0.39 is 24.3 Å². The zero-order valence-electron chi connectivity index (χ0n) is 15.3. The van der Waals surface area contributed by atoms with Crippen molar-refractivity contribution >= 4 is 45.5 Å². The topological polar surface area (TPSA) is 84.5 Å². The molecular weight excluding hydrogens is 443 g/mol. The summed E-state index contributed by atoms with van der Waals surface area (Å²) in [5.41, 5.74) is 0.874. The summed E-state index contributed by atoms with van der Waals surface area (Å²) < 4.78 is 19.2. The molecule has 6 nitrogen and oxygen atoms in total. The Labute approximate surface area is 175 Å². The van der Waals surface area contributed by atoms with E-state index in [2.05, 4.69) is 26.6 Å². The quantitative estimate of drug-likeness (QED) is 0.487. The molecule has 0 aliphatic heterocycles. The van der Waals surface area contributed by atoms with Crippen molar-refractivity contribution in [2.24, 2.45) is 0 Å². The van der Waals surface area contributed by atoms with Gasteiger partial charge >= 0.3 is 5.97 Å². The minimum atomic E-state index is -0.792. The Balaban J connectivity index is 1.53. The summed E-state index contributed by atoms with van der Waals surface area (Å²) in [6, 6.07) is 11.1. The summed E-state index contributed by atoms with van der Waals surface area (Å²) in [5, 5.41) is 5.42. The van der Waals surface area contributed by atoms with Gasteiger partial charge in [0.25, 0.3) is 11.8 Å². The average Bonchev–Trinajstić information content (AvgIpc) is 3.51. The van der Waals surface area contributed by atoms with Crippen molar-refractivity contribution in [3.63, 3.8) is 0 Å². The number of nitrogens with one attached hydrogen (secondary N) is 2. The van der Waals surface area contributed by atoms with E-state index in [0.717, 1.165) is 18.9 Å². The van der Waals surface area contributed by atoms with Crippen molar-refractivity contribution in [3.8, 4) is 0 Å². The van der Waals surface area contributed by atoms with Gasteiger partial charge in [-0.25, -0.2) is 9.18 Å². The molecule has 3 rings (SSSR count). The van der Waals surface area contributed by atoms with Crippen molar-refractivity contribution in [2.45, 2.75) is 18.9 Å². The lowest BCUT2D eigenvalue weighted by Gasteiger charge is -2.11. The van der Waals surface area contributed by atoms with Crippen LogP contribution in [0.2, 0.25) is 0 Å². The molecule has 0 spiro atoms. The fourth-order valence-corrected chi connectivity index (χ4v) is 2.83. The molecular formula is C21H18BrFN2O4. The highest BCUT2D eigenvalue weighted by atomic mass is 79.9. The van der Waals surface area contributed by atoms with Crippen LogP contribution in [0.5, 0.6) is 0 Å². The van der Waals surface area contributed by atoms with Crippen molar-refractivity contribution in [2.75, 3.05) is 11.9 Å². The smallest absolute Gasteiger partial charge is 0.331 e. The zero-order valence-corrected chi connectivity index (χ0v) is 16.9. The molecule has 0 atom stereocenters. The highest BCUT2D eigenvalue weighted by Crippen LogP contribution is 2.21. The normalized spacial score (nSPS) is 13.2. The van der Waals surface area contributed by atoms with E-state index in [0.29, 0.717) is 15.7 Å². The molecule has 0 aromatic heterocycles. The number of rotatable bonds is 7. The summed E-state index contributed by atoms with van der Waals surface area (Å²) >= 11 is 3.22. The van der Waals surface area contributed by atoms with Crippen LogP contribution < -0.4 is 10.6 Å². The molecule has 2 N–H and O–H groups in total. The molecule has 1 fully saturated rings. The second-order valence-electron chi connectivity index (χ2n) is 6.45. The van der Waals surface area contributed by atoms with Crippen molar-refractivity contribution in [1.82, 2.24) is 5.32 Å². The van der Waals surface area contributed by atoms with E-state index in [9.17, 15) is 18.8 Å². The van der Waals surface area contributed by atoms with Crippen LogP contribution in [-0.2, 0) is 14.3 Å². The Morgan fingerprint density at radius 2 is 1.93 bits per heavy atom. The van der Waals surface area contributed by atoms with Gasteiger partial charge in [0.1, 0.15) is 5.82 Å². The Hall–Kier alpha value is -3.00. The minimum Gasteiger partial charge on any atom is -0.452 e. The fraction of sp³-hybridized carbons (Fsp3) is 0.190. The van der Waals surface area contributed by atoms with Crippen molar-refractivity contribution in [3.05, 3.63) is 70.0 Å². The number of amides is 2. The van der Waals surface area contributed by atoms with E-state index in [1.165, 1.54) is 24.3 Å². The van der Waals surface area contributed by atoms with Gasteiger partial charge in [0.05, 0.1) is 11.3 Å². The van der Waals surface area contributed by atoms with Gasteiger partial charge in [-0.2, -0.15) is 0 Å². The maximum absolute atomic E-state index is 13.6. The van der Waals surface area contributed by atoms with E-state index in [4.69, 9.17) is 4.74 Å². The second kappa shape index (κ2) is 9.47. The first-order valence-corrected chi connectivity index (χ1v) is 9.71. The minimum absolute atomic E-state index is 0.189. The molecule has 2 aromatic rings. The number of para-hydroxylation sites is 1. The Bertz CT molecular complexity index is 973.